The van der Waals surface area contributed by atoms with Gasteiger partial charge in [-0.3, -0.25) is 9.59 Å². The van der Waals surface area contributed by atoms with Gasteiger partial charge in [-0.2, -0.15) is 17.6 Å². The van der Waals surface area contributed by atoms with Gasteiger partial charge in [-0.15, -0.1) is 0 Å². The summed E-state index contributed by atoms with van der Waals surface area (Å²) >= 11 is 2.91. The minimum atomic E-state index is -3.67. The van der Waals surface area contributed by atoms with Gasteiger partial charge in [0.25, 0.3) is 0 Å². The van der Waals surface area contributed by atoms with Crippen LogP contribution < -0.4 is 0 Å². The number of halogens is 5. The van der Waals surface area contributed by atoms with Crippen molar-refractivity contribution in [2.75, 3.05) is 18.4 Å². The lowest BCUT2D eigenvalue weighted by atomic mass is 10.1. The van der Waals surface area contributed by atoms with Crippen LogP contribution >= 0.6 is 15.9 Å². The Kier molecular flexibility index (Phi) is 8.38. The fraction of sp³-hybridized carbons (Fsp3) is 0.700. The van der Waals surface area contributed by atoms with E-state index in [2.05, 4.69) is 22.5 Å². The normalized spacial score (nSPS) is 22.2. The number of hydrogen-bond acceptors (Lipinski definition) is 6. The van der Waals surface area contributed by atoms with Gasteiger partial charge in [-0.05, 0) is 41.5 Å². The molecule has 13 heteroatoms. The first-order chi connectivity index (χ1) is 14.6. The second-order valence-corrected chi connectivity index (χ2v) is 10.1. The monoisotopic (exact) mass is 546 g/mol. The molecule has 33 heavy (non-hydrogen) atoms. The molecule has 8 nitrogen and oxygen atoms in total. The molecule has 0 bridgehead atoms. The number of hydrogen-bond donors (Lipinski definition) is 0. The first-order valence-electron chi connectivity index (χ1n) is 9.75. The van der Waals surface area contributed by atoms with Gasteiger partial charge in [0.05, 0.1) is 12.5 Å². The summed E-state index contributed by atoms with van der Waals surface area (Å²) < 4.78 is 62.7. The van der Waals surface area contributed by atoms with E-state index >= 15 is 0 Å². The Morgan fingerprint density at radius 2 is 1.39 bits per heavy atom. The van der Waals surface area contributed by atoms with E-state index in [1.807, 2.05) is 0 Å². The summed E-state index contributed by atoms with van der Waals surface area (Å²) in [4.78, 5) is 46.4. The van der Waals surface area contributed by atoms with E-state index < -0.39 is 65.1 Å². The summed E-state index contributed by atoms with van der Waals surface area (Å²) in [5.41, 5.74) is -2.25. The summed E-state index contributed by atoms with van der Waals surface area (Å²) in [7, 11) is 0. The van der Waals surface area contributed by atoms with Crippen LogP contribution in [-0.4, -0.2) is 75.3 Å². The van der Waals surface area contributed by atoms with Crippen molar-refractivity contribution in [1.29, 1.82) is 0 Å². The molecule has 0 aliphatic carbocycles. The van der Waals surface area contributed by atoms with E-state index in [-0.39, 0.29) is 11.9 Å². The molecule has 188 valence electrons. The molecule has 0 radical (unpaired) electrons. The van der Waals surface area contributed by atoms with E-state index in [0.29, 0.717) is 9.80 Å². The average Bonchev–Trinajstić information content (AvgIpc) is 2.97. The van der Waals surface area contributed by atoms with Crippen molar-refractivity contribution >= 4 is 39.9 Å². The summed E-state index contributed by atoms with van der Waals surface area (Å²) in [5, 5.41) is -0.0506. The lowest BCUT2D eigenvalue weighted by Gasteiger charge is -2.23. The van der Waals surface area contributed by atoms with Gasteiger partial charge in [0, 0.05) is 17.4 Å². The number of nitrogens with zero attached hydrogens (tertiary/aromatic N) is 2. The molecule has 1 atom stereocenters. The van der Waals surface area contributed by atoms with Gasteiger partial charge in [-0.1, -0.05) is 22.5 Å². The van der Waals surface area contributed by atoms with Crippen LogP contribution in [0.15, 0.2) is 12.2 Å². The average molecular weight is 547 g/mol. The number of imide groups is 2. The minimum absolute atomic E-state index is 0.0506. The molecule has 0 N–H and O–H groups in total. The fourth-order valence-electron chi connectivity index (χ4n) is 2.54. The molecule has 2 rings (SSSR count). The summed E-state index contributed by atoms with van der Waals surface area (Å²) in [6, 6.07) is 0. The number of carbonyl (C=O) groups is 4. The van der Waals surface area contributed by atoms with Crippen molar-refractivity contribution in [2.24, 2.45) is 5.92 Å². The largest absolute Gasteiger partial charge is 0.443 e. The Labute approximate surface area is 197 Å². The van der Waals surface area contributed by atoms with Crippen LogP contribution in [0, 0.1) is 5.92 Å². The maximum Gasteiger partial charge on any atom is 0.417 e. The molecule has 2 aliphatic rings. The van der Waals surface area contributed by atoms with E-state index in [9.17, 15) is 36.7 Å². The topological polar surface area (TPSA) is 93.2 Å². The third-order valence-electron chi connectivity index (χ3n) is 4.17. The highest BCUT2D eigenvalue weighted by Crippen LogP contribution is 2.36. The number of carbonyl (C=O) groups excluding carboxylic acids is 4. The van der Waals surface area contributed by atoms with Crippen LogP contribution in [0.25, 0.3) is 0 Å². The van der Waals surface area contributed by atoms with Crippen LogP contribution in [0.3, 0.4) is 0 Å². The zero-order valence-corrected chi connectivity index (χ0v) is 20.7. The Bertz CT molecular complexity index is 835. The molecule has 2 fully saturated rings. The first-order valence-corrected chi connectivity index (χ1v) is 10.9. The second-order valence-electron chi connectivity index (χ2n) is 9.42. The molecular weight excluding hydrogens is 520 g/mol. The molecule has 0 aromatic rings. The maximum atomic E-state index is 13.4. The van der Waals surface area contributed by atoms with Gasteiger partial charge >= 0.3 is 35.8 Å². The highest BCUT2D eigenvalue weighted by Gasteiger charge is 2.58. The summed E-state index contributed by atoms with van der Waals surface area (Å²) in [6.07, 6.45) is -2.10. The molecule has 0 spiro atoms. The maximum absolute atomic E-state index is 13.4. The van der Waals surface area contributed by atoms with Crippen molar-refractivity contribution in [2.45, 2.75) is 64.6 Å². The van der Waals surface area contributed by atoms with Crippen LogP contribution in [0.5, 0.6) is 0 Å². The Hall–Kier alpha value is -2.18. The Morgan fingerprint density at radius 3 is 1.70 bits per heavy atom. The molecule has 0 aromatic heterocycles. The molecular formula is C20H27BrF4N2O6. The summed E-state index contributed by atoms with van der Waals surface area (Å²) in [5.74, 6) is -11.5. The first kappa shape index (κ1) is 28.9. The highest BCUT2D eigenvalue weighted by molar-refractivity contribution is 9.09. The minimum Gasteiger partial charge on any atom is -0.443 e. The number of likely N-dealkylation sites (tertiary alicyclic amines) is 2. The van der Waals surface area contributed by atoms with E-state index in [4.69, 9.17) is 9.47 Å². The standard InChI is InChI=1S/C10H14BrF2NO3.C10H13F2NO3/c1-9(2,3)17-8(16)14-5-6(4-11)10(12,13)7(14)15;1-6-5-13(7(14)10(6,11)12)8(15)16-9(2,3)4/h6H,4-5H2,1-3H3;1,5H2,2-4H3. The predicted molar refractivity (Wildman–Crippen MR) is 112 cm³/mol. The molecule has 1 unspecified atom stereocenters. The Morgan fingerprint density at radius 1 is 0.970 bits per heavy atom. The van der Waals surface area contributed by atoms with Gasteiger partial charge in [0.15, 0.2) is 0 Å². The smallest absolute Gasteiger partial charge is 0.417 e. The van der Waals surface area contributed by atoms with E-state index in [0.717, 1.165) is 0 Å². The zero-order valence-electron chi connectivity index (χ0n) is 19.1. The number of rotatable bonds is 1. The molecule has 2 aliphatic heterocycles. The third-order valence-corrected chi connectivity index (χ3v) is 4.95. The molecule has 0 saturated carbocycles. The van der Waals surface area contributed by atoms with Crippen LogP contribution in [0.2, 0.25) is 0 Å². The van der Waals surface area contributed by atoms with Crippen molar-refractivity contribution < 1.29 is 46.2 Å². The van der Waals surface area contributed by atoms with Crippen LogP contribution in [-0.2, 0) is 19.1 Å². The molecule has 4 amide bonds. The SMILES string of the molecule is C=C1CN(C(=O)OC(C)(C)C)C(=O)C1(F)F.CC(C)(C)OC(=O)N1CC(CBr)C(F)(F)C1=O. The van der Waals surface area contributed by atoms with Crippen LogP contribution in [0.4, 0.5) is 27.2 Å². The van der Waals surface area contributed by atoms with Crippen molar-refractivity contribution in [3.63, 3.8) is 0 Å². The van der Waals surface area contributed by atoms with Gasteiger partial charge < -0.3 is 9.47 Å². The number of ether oxygens (including phenoxy) is 2. The van der Waals surface area contributed by atoms with Gasteiger partial charge in [-0.25, -0.2) is 19.4 Å². The number of alkyl halides is 5. The highest BCUT2D eigenvalue weighted by atomic mass is 79.9. The quantitative estimate of drug-likeness (QED) is 0.275. The van der Waals surface area contributed by atoms with Crippen LogP contribution in [0.1, 0.15) is 41.5 Å². The van der Waals surface area contributed by atoms with Crippen molar-refractivity contribution in [1.82, 2.24) is 9.80 Å². The third kappa shape index (κ3) is 6.90. The molecule has 2 heterocycles. The summed E-state index contributed by atoms with van der Waals surface area (Å²) in [6.45, 7) is 11.8. The predicted octanol–water partition coefficient (Wildman–Crippen LogP) is 4.37. The van der Waals surface area contributed by atoms with Gasteiger partial charge in [0.2, 0.25) is 0 Å². The number of amides is 4. The van der Waals surface area contributed by atoms with Crippen molar-refractivity contribution in [3.8, 4) is 0 Å². The van der Waals surface area contributed by atoms with Crippen molar-refractivity contribution in [3.05, 3.63) is 12.2 Å². The van der Waals surface area contributed by atoms with Gasteiger partial charge in [0.1, 0.15) is 11.2 Å². The van der Waals surface area contributed by atoms with E-state index in [1.54, 1.807) is 41.5 Å². The fourth-order valence-corrected chi connectivity index (χ4v) is 3.15. The molecule has 2 saturated heterocycles. The lowest BCUT2D eigenvalue weighted by molar-refractivity contribution is -0.149. The second kappa shape index (κ2) is 9.59. The molecule has 0 aromatic carbocycles. The zero-order chi connectivity index (χ0) is 26.2. The Balaban J connectivity index is 0.000000331. The van der Waals surface area contributed by atoms with E-state index in [1.165, 1.54) is 0 Å². The lowest BCUT2D eigenvalue weighted by Crippen LogP contribution is -2.41.